The minimum absolute atomic E-state index is 0.0575. The molecule has 0 amide bonds. The summed E-state index contributed by atoms with van der Waals surface area (Å²) in [4.78, 5) is 3.51. The highest BCUT2D eigenvalue weighted by Gasteiger charge is 2.39. The quantitative estimate of drug-likeness (QED) is 0.163. The van der Waals surface area contributed by atoms with Gasteiger partial charge in [-0.15, -0.1) is 0 Å². The van der Waals surface area contributed by atoms with Crippen molar-refractivity contribution in [3.63, 3.8) is 0 Å². The van der Waals surface area contributed by atoms with E-state index in [1.54, 1.807) is 63.7 Å². The Kier molecular flexibility index (Phi) is 8.35. The summed E-state index contributed by atoms with van der Waals surface area (Å²) in [6.07, 6.45) is -4.83. The Morgan fingerprint density at radius 3 is 1.40 bits per heavy atom. The van der Waals surface area contributed by atoms with Crippen molar-refractivity contribution in [3.8, 4) is 56.9 Å². The van der Waals surface area contributed by atoms with Crippen LogP contribution in [0.4, 0.5) is 18.9 Å². The van der Waals surface area contributed by atoms with E-state index >= 15 is 13.2 Å². The number of aromatic nitrogens is 2. The van der Waals surface area contributed by atoms with E-state index in [1.165, 1.54) is 0 Å². The summed E-state index contributed by atoms with van der Waals surface area (Å²) < 4.78 is 52.4. The number of benzene rings is 8. The molecule has 0 saturated heterocycles. The van der Waals surface area contributed by atoms with Crippen LogP contribution in [0.1, 0.15) is 16.7 Å². The minimum atomic E-state index is -4.83. The van der Waals surface area contributed by atoms with Gasteiger partial charge < -0.3 is 9.13 Å². The van der Waals surface area contributed by atoms with Crippen molar-refractivity contribution < 1.29 is 13.2 Å². The molecule has 10 rings (SSSR count). The Morgan fingerprint density at radius 2 is 0.900 bits per heavy atom. The number of rotatable bonds is 5. The van der Waals surface area contributed by atoms with Gasteiger partial charge in [0.15, 0.2) is 5.69 Å². The third kappa shape index (κ3) is 5.85. The van der Waals surface area contributed by atoms with Crippen molar-refractivity contribution in [1.82, 2.24) is 9.13 Å². The van der Waals surface area contributed by atoms with Crippen LogP contribution in [-0.4, -0.2) is 9.13 Å². The fraction of sp³-hybridized carbons (Fsp3) is 0.0192. The van der Waals surface area contributed by atoms with Gasteiger partial charge in [0.2, 0.25) is 0 Å². The third-order valence-corrected chi connectivity index (χ3v) is 11.2. The van der Waals surface area contributed by atoms with Crippen molar-refractivity contribution in [2.24, 2.45) is 0 Å². The van der Waals surface area contributed by atoms with Crippen LogP contribution in [0.3, 0.4) is 0 Å². The summed E-state index contributed by atoms with van der Waals surface area (Å²) in [5.41, 5.74) is 7.46. The molecule has 60 heavy (non-hydrogen) atoms. The number of fused-ring (bicyclic) bond motifs is 6. The second kappa shape index (κ2) is 13.9. The molecule has 0 N–H and O–H groups in total. The Morgan fingerprint density at radius 1 is 0.433 bits per heavy atom. The molecule has 10 aromatic rings. The first-order valence-corrected chi connectivity index (χ1v) is 19.1. The lowest BCUT2D eigenvalue weighted by Gasteiger charge is -2.23. The van der Waals surface area contributed by atoms with Crippen LogP contribution in [0.2, 0.25) is 0 Å². The molecule has 282 valence electrons. The smallest absolute Gasteiger partial charge is 0.309 e. The highest BCUT2D eigenvalue weighted by molar-refractivity contribution is 6.12. The standard InChI is InChI=1S/C52H28F3N5/c1-58-40-21-17-35(18-22-40)38-20-24-48-44(27-38)42-10-3-5-12-46(42)60(48)50-29-39(36-8-6-7-33(25-36)31-57)28-49(51(50)52(53,54)55)59-45-11-4-2-9-41(45)43-26-37(19-23-47(43)59)34-15-13-32(30-56)14-16-34/h2-29H. The molecular formula is C52H28F3N5. The van der Waals surface area contributed by atoms with E-state index in [-0.39, 0.29) is 11.4 Å². The van der Waals surface area contributed by atoms with Gasteiger partial charge in [-0.2, -0.15) is 23.7 Å². The Labute approximate surface area is 342 Å². The zero-order valence-corrected chi connectivity index (χ0v) is 31.5. The fourth-order valence-corrected chi connectivity index (χ4v) is 8.48. The van der Waals surface area contributed by atoms with Crippen LogP contribution in [0.5, 0.6) is 0 Å². The molecule has 8 aromatic carbocycles. The Hall–Kier alpha value is -8.38. The van der Waals surface area contributed by atoms with Gasteiger partial charge in [0.1, 0.15) is 5.56 Å². The predicted molar refractivity (Wildman–Crippen MR) is 232 cm³/mol. The van der Waals surface area contributed by atoms with Crippen LogP contribution in [0, 0.1) is 29.2 Å². The molecule has 0 unspecified atom stereocenters. The first-order valence-electron chi connectivity index (χ1n) is 19.1. The van der Waals surface area contributed by atoms with Crippen molar-refractivity contribution in [3.05, 3.63) is 198 Å². The van der Waals surface area contributed by atoms with Gasteiger partial charge in [-0.25, -0.2) is 4.85 Å². The molecule has 0 bridgehead atoms. The van der Waals surface area contributed by atoms with E-state index < -0.39 is 11.7 Å². The molecule has 0 radical (unpaired) electrons. The second-order valence-corrected chi connectivity index (χ2v) is 14.6. The number of para-hydroxylation sites is 2. The maximum Gasteiger partial charge on any atom is 0.420 e. The normalized spacial score (nSPS) is 11.5. The van der Waals surface area contributed by atoms with E-state index in [2.05, 4.69) is 17.0 Å². The maximum atomic E-state index is 16.3. The summed E-state index contributed by atoms with van der Waals surface area (Å²) in [5.74, 6) is 0. The lowest BCUT2D eigenvalue weighted by atomic mass is 9.98. The topological polar surface area (TPSA) is 61.8 Å². The molecule has 0 aliphatic rings. The van der Waals surface area contributed by atoms with E-state index in [9.17, 15) is 10.5 Å². The zero-order valence-electron chi connectivity index (χ0n) is 31.5. The zero-order chi connectivity index (χ0) is 41.1. The van der Waals surface area contributed by atoms with E-state index in [0.717, 1.165) is 43.8 Å². The molecule has 0 atom stereocenters. The predicted octanol–water partition coefficient (Wildman–Crippen LogP) is 14.2. The van der Waals surface area contributed by atoms with Crippen molar-refractivity contribution in [2.75, 3.05) is 0 Å². The van der Waals surface area contributed by atoms with Crippen LogP contribution in [0.15, 0.2) is 170 Å². The van der Waals surface area contributed by atoms with Crippen LogP contribution in [0.25, 0.3) is 93.2 Å². The van der Waals surface area contributed by atoms with Gasteiger partial charge in [-0.1, -0.05) is 97.1 Å². The van der Waals surface area contributed by atoms with Gasteiger partial charge in [0.25, 0.3) is 0 Å². The molecule has 0 fully saturated rings. The number of halogens is 3. The summed E-state index contributed by atoms with van der Waals surface area (Å²) in [5, 5.41) is 22.3. The molecule has 0 aliphatic carbocycles. The molecule has 0 saturated carbocycles. The van der Waals surface area contributed by atoms with E-state index in [1.807, 2.05) is 115 Å². The lowest BCUT2D eigenvalue weighted by molar-refractivity contribution is -0.137. The summed E-state index contributed by atoms with van der Waals surface area (Å²) >= 11 is 0. The van der Waals surface area contributed by atoms with Crippen molar-refractivity contribution in [2.45, 2.75) is 6.18 Å². The minimum Gasteiger partial charge on any atom is -0.309 e. The molecule has 0 spiro atoms. The lowest BCUT2D eigenvalue weighted by Crippen LogP contribution is -2.16. The Bertz CT molecular complexity index is 3300. The SMILES string of the molecule is [C-]#[N+]c1ccc(-c2ccc3c(c2)c2ccccc2n3-c2cc(-c3cccc(C#N)c3)cc(-n3c4ccccc4c4cc(-c5ccc(C#N)cc5)ccc43)c2C(F)(F)F)cc1. The molecule has 5 nitrogen and oxygen atoms in total. The number of hydrogen-bond donors (Lipinski definition) is 0. The van der Waals surface area contributed by atoms with Crippen LogP contribution in [-0.2, 0) is 6.18 Å². The monoisotopic (exact) mass is 779 g/mol. The first-order chi connectivity index (χ1) is 29.2. The van der Waals surface area contributed by atoms with Crippen LogP contribution >= 0.6 is 0 Å². The molecule has 2 heterocycles. The molecule has 2 aromatic heterocycles. The number of hydrogen-bond acceptors (Lipinski definition) is 2. The number of nitriles is 2. The van der Waals surface area contributed by atoms with Gasteiger partial charge in [-0.05, 0) is 106 Å². The third-order valence-electron chi connectivity index (χ3n) is 11.2. The average molecular weight is 780 g/mol. The fourth-order valence-electron chi connectivity index (χ4n) is 8.48. The first kappa shape index (κ1) is 36.0. The van der Waals surface area contributed by atoms with Gasteiger partial charge in [-0.3, -0.25) is 0 Å². The molecule has 0 aliphatic heterocycles. The van der Waals surface area contributed by atoms with Crippen molar-refractivity contribution >= 4 is 49.3 Å². The second-order valence-electron chi connectivity index (χ2n) is 14.6. The maximum absolute atomic E-state index is 16.3. The van der Waals surface area contributed by atoms with Crippen molar-refractivity contribution in [1.29, 1.82) is 10.5 Å². The van der Waals surface area contributed by atoms with Gasteiger partial charge >= 0.3 is 6.18 Å². The van der Waals surface area contributed by atoms with Crippen LogP contribution < -0.4 is 0 Å². The molecule has 8 heteroatoms. The number of alkyl halides is 3. The highest BCUT2D eigenvalue weighted by Crippen LogP contribution is 2.47. The van der Waals surface area contributed by atoms with E-state index in [4.69, 9.17) is 6.57 Å². The Balaban J connectivity index is 1.31. The summed E-state index contributed by atoms with van der Waals surface area (Å²) in [6, 6.07) is 55.3. The molecular weight excluding hydrogens is 752 g/mol. The van der Waals surface area contributed by atoms with Gasteiger partial charge in [0.05, 0.1) is 63.3 Å². The van der Waals surface area contributed by atoms with Gasteiger partial charge in [0, 0.05) is 21.5 Å². The summed E-state index contributed by atoms with van der Waals surface area (Å²) in [7, 11) is 0. The average Bonchev–Trinajstić information content (AvgIpc) is 3.80. The largest absolute Gasteiger partial charge is 0.420 e. The number of nitrogens with zero attached hydrogens (tertiary/aromatic N) is 5. The van der Waals surface area contributed by atoms with E-state index in [0.29, 0.717) is 50.0 Å². The highest BCUT2D eigenvalue weighted by atomic mass is 19.4. The summed E-state index contributed by atoms with van der Waals surface area (Å²) in [6.45, 7) is 7.36.